The van der Waals surface area contributed by atoms with Crippen molar-refractivity contribution in [3.63, 3.8) is 0 Å². The van der Waals surface area contributed by atoms with Crippen LogP contribution < -0.4 is 5.32 Å². The van der Waals surface area contributed by atoms with Gasteiger partial charge in [-0.15, -0.1) is 11.3 Å². The number of nitriles is 1. The Morgan fingerprint density at radius 2 is 2.09 bits per heavy atom. The van der Waals surface area contributed by atoms with Crippen molar-refractivity contribution in [2.75, 3.05) is 11.1 Å². The molecular formula is C24H26N4O2S2. The molecule has 0 aliphatic heterocycles. The molecule has 1 aliphatic rings. The fraction of sp³-hybridized carbons (Fsp3) is 0.417. The Balaban J connectivity index is 1.39. The summed E-state index contributed by atoms with van der Waals surface area (Å²) in [7, 11) is 0. The third-order valence-corrected chi connectivity index (χ3v) is 7.89. The fourth-order valence-electron chi connectivity index (χ4n) is 3.91. The van der Waals surface area contributed by atoms with Crippen LogP contribution in [0.5, 0.6) is 0 Å². The Kier molecular flexibility index (Phi) is 6.40. The topological polar surface area (TPSA) is 91.8 Å². The van der Waals surface area contributed by atoms with Crippen LogP contribution in [0.2, 0.25) is 0 Å². The quantitative estimate of drug-likeness (QED) is 0.474. The Bertz CT molecular complexity index is 1170. The van der Waals surface area contributed by atoms with E-state index in [1.807, 2.05) is 31.2 Å². The number of thiophene rings is 1. The number of nitrogens with zero attached hydrogens (tertiary/aromatic N) is 3. The zero-order valence-electron chi connectivity index (χ0n) is 18.7. The van der Waals surface area contributed by atoms with Gasteiger partial charge in [0.05, 0.1) is 11.3 Å². The molecular weight excluding hydrogens is 440 g/mol. The molecule has 1 aliphatic carbocycles. The molecule has 32 heavy (non-hydrogen) atoms. The molecule has 4 rings (SSSR count). The van der Waals surface area contributed by atoms with Crippen molar-refractivity contribution in [2.45, 2.75) is 52.2 Å². The Morgan fingerprint density at radius 1 is 1.34 bits per heavy atom. The van der Waals surface area contributed by atoms with E-state index < -0.39 is 0 Å². The second-order valence-corrected chi connectivity index (χ2v) is 11.2. The molecule has 0 bridgehead atoms. The highest BCUT2D eigenvalue weighted by Crippen LogP contribution is 2.44. The summed E-state index contributed by atoms with van der Waals surface area (Å²) in [6.07, 6.45) is 2.93. The lowest BCUT2D eigenvalue weighted by Crippen LogP contribution is -2.26. The van der Waals surface area contributed by atoms with Crippen LogP contribution in [0.15, 0.2) is 34.0 Å². The first kappa shape index (κ1) is 22.6. The summed E-state index contributed by atoms with van der Waals surface area (Å²) >= 11 is 2.73. The molecule has 1 N–H and O–H groups in total. The minimum atomic E-state index is -0.187. The number of thioether (sulfide) groups is 1. The number of hydrogen-bond donors (Lipinski definition) is 1. The summed E-state index contributed by atoms with van der Waals surface area (Å²) in [6, 6.07) is 10.2. The van der Waals surface area contributed by atoms with Crippen LogP contribution >= 0.6 is 23.1 Å². The van der Waals surface area contributed by atoms with Crippen LogP contribution in [0.4, 0.5) is 5.00 Å². The van der Waals surface area contributed by atoms with Crippen LogP contribution in [-0.4, -0.2) is 21.8 Å². The highest BCUT2D eigenvalue weighted by Gasteiger charge is 2.32. The van der Waals surface area contributed by atoms with Crippen molar-refractivity contribution in [1.29, 1.82) is 5.26 Å². The van der Waals surface area contributed by atoms with Crippen molar-refractivity contribution in [3.05, 3.63) is 45.8 Å². The number of fused-ring (bicyclic) bond motifs is 1. The fourth-order valence-corrected chi connectivity index (χ4v) is 5.77. The molecule has 0 fully saturated rings. The minimum absolute atomic E-state index is 0.133. The normalized spacial score (nSPS) is 15.8. The van der Waals surface area contributed by atoms with Crippen molar-refractivity contribution in [2.24, 2.45) is 11.3 Å². The first-order valence-corrected chi connectivity index (χ1v) is 12.4. The number of nitrogens with one attached hydrogen (secondary N) is 1. The van der Waals surface area contributed by atoms with Crippen LogP contribution in [-0.2, 0) is 17.6 Å². The van der Waals surface area contributed by atoms with Gasteiger partial charge in [0.2, 0.25) is 11.7 Å². The SMILES string of the molecule is Cc1ccc(-c2noc(SCC(=O)Nc3sc4c(c3C#N)CC[C@@H](C(C)(C)C)C4)n2)cc1. The average Bonchev–Trinajstić information content (AvgIpc) is 3.35. The van der Waals surface area contributed by atoms with Gasteiger partial charge in [-0.2, -0.15) is 10.2 Å². The lowest BCUT2D eigenvalue weighted by Gasteiger charge is -2.33. The van der Waals surface area contributed by atoms with Crippen LogP contribution in [0.3, 0.4) is 0 Å². The van der Waals surface area contributed by atoms with Crippen molar-refractivity contribution in [3.8, 4) is 17.5 Å². The van der Waals surface area contributed by atoms with Gasteiger partial charge < -0.3 is 9.84 Å². The summed E-state index contributed by atoms with van der Waals surface area (Å²) in [5.74, 6) is 1.03. The number of rotatable bonds is 5. The molecule has 6 nitrogen and oxygen atoms in total. The van der Waals surface area contributed by atoms with E-state index in [9.17, 15) is 10.1 Å². The first-order chi connectivity index (χ1) is 15.2. The predicted octanol–water partition coefficient (Wildman–Crippen LogP) is 5.86. The van der Waals surface area contributed by atoms with E-state index in [0.717, 1.165) is 36.0 Å². The first-order valence-electron chi connectivity index (χ1n) is 10.6. The van der Waals surface area contributed by atoms with Crippen LogP contribution in [0.25, 0.3) is 11.4 Å². The number of carbonyl (C=O) groups excluding carboxylic acids is 1. The number of anilines is 1. The molecule has 2 heterocycles. The van der Waals surface area contributed by atoms with Gasteiger partial charge >= 0.3 is 0 Å². The molecule has 0 saturated heterocycles. The molecule has 0 spiro atoms. The van der Waals surface area contributed by atoms with Crippen LogP contribution in [0, 0.1) is 29.6 Å². The monoisotopic (exact) mass is 466 g/mol. The molecule has 8 heteroatoms. The van der Waals surface area contributed by atoms with Crippen molar-refractivity contribution < 1.29 is 9.32 Å². The minimum Gasteiger partial charge on any atom is -0.327 e. The van der Waals surface area contributed by atoms with Gasteiger partial charge in [0.25, 0.3) is 5.22 Å². The number of carbonyl (C=O) groups is 1. The molecule has 0 radical (unpaired) electrons. The maximum atomic E-state index is 12.6. The number of hydrogen-bond acceptors (Lipinski definition) is 7. The number of aryl methyl sites for hydroxylation is 1. The van der Waals surface area contributed by atoms with Gasteiger partial charge in [0.1, 0.15) is 11.1 Å². The predicted molar refractivity (Wildman–Crippen MR) is 128 cm³/mol. The molecule has 2 aromatic heterocycles. The maximum absolute atomic E-state index is 12.6. The van der Waals surface area contributed by atoms with E-state index in [2.05, 4.69) is 42.3 Å². The van der Waals surface area contributed by atoms with E-state index in [0.29, 0.717) is 27.5 Å². The average molecular weight is 467 g/mol. The Morgan fingerprint density at radius 3 is 2.78 bits per heavy atom. The molecule has 0 unspecified atom stereocenters. The van der Waals surface area contributed by atoms with Gasteiger partial charge in [-0.1, -0.05) is 67.5 Å². The third kappa shape index (κ3) is 4.89. The molecule has 1 aromatic carbocycles. The third-order valence-electron chi connectivity index (χ3n) is 5.90. The van der Waals surface area contributed by atoms with Crippen molar-refractivity contribution in [1.82, 2.24) is 10.1 Å². The van der Waals surface area contributed by atoms with Crippen LogP contribution in [0.1, 0.15) is 48.8 Å². The zero-order chi connectivity index (χ0) is 22.9. The summed E-state index contributed by atoms with van der Waals surface area (Å²) < 4.78 is 5.28. The largest absolute Gasteiger partial charge is 0.327 e. The number of benzene rings is 1. The molecule has 1 atom stereocenters. The highest BCUT2D eigenvalue weighted by atomic mass is 32.2. The number of amides is 1. The second kappa shape index (κ2) is 9.08. The van der Waals surface area contributed by atoms with Crippen molar-refractivity contribution >= 4 is 34.0 Å². The van der Waals surface area contributed by atoms with Gasteiger partial charge in [0.15, 0.2) is 0 Å². The summed E-state index contributed by atoms with van der Waals surface area (Å²) in [6.45, 7) is 8.82. The van der Waals surface area contributed by atoms with Gasteiger partial charge in [0, 0.05) is 10.4 Å². The van der Waals surface area contributed by atoms with Gasteiger partial charge in [-0.25, -0.2) is 0 Å². The molecule has 0 saturated carbocycles. The van der Waals surface area contributed by atoms with E-state index in [1.165, 1.54) is 16.6 Å². The van der Waals surface area contributed by atoms with Gasteiger partial charge in [-0.05, 0) is 43.1 Å². The van der Waals surface area contributed by atoms with E-state index in [4.69, 9.17) is 4.52 Å². The molecule has 3 aromatic rings. The van der Waals surface area contributed by atoms with E-state index in [-0.39, 0.29) is 17.1 Å². The summed E-state index contributed by atoms with van der Waals surface area (Å²) in [5.41, 5.74) is 3.99. The van der Waals surface area contributed by atoms with E-state index in [1.54, 1.807) is 11.3 Å². The Hall–Kier alpha value is -2.63. The maximum Gasteiger partial charge on any atom is 0.286 e. The molecule has 166 valence electrons. The molecule has 1 amide bonds. The van der Waals surface area contributed by atoms with Gasteiger partial charge in [-0.3, -0.25) is 4.79 Å². The highest BCUT2D eigenvalue weighted by molar-refractivity contribution is 7.99. The second-order valence-electron chi connectivity index (χ2n) is 9.21. The standard InChI is InChI=1S/C24H26N4O2S2/c1-14-5-7-15(8-6-14)21-27-23(30-28-21)31-13-20(29)26-22-18(12-25)17-10-9-16(24(2,3)4)11-19(17)32-22/h5-8,16H,9-11,13H2,1-4H3,(H,26,29)/t16-/m1/s1. The Labute approximate surface area is 196 Å². The lowest BCUT2D eigenvalue weighted by molar-refractivity contribution is -0.113. The smallest absolute Gasteiger partial charge is 0.286 e. The summed E-state index contributed by atoms with van der Waals surface area (Å²) in [4.78, 5) is 18.2. The summed E-state index contributed by atoms with van der Waals surface area (Å²) in [5, 5.41) is 17.6. The zero-order valence-corrected chi connectivity index (χ0v) is 20.3. The van der Waals surface area contributed by atoms with E-state index >= 15 is 0 Å². The lowest BCUT2D eigenvalue weighted by atomic mass is 9.72. The number of aromatic nitrogens is 2.